The number of amides is 1. The van der Waals surface area contributed by atoms with Gasteiger partial charge < -0.3 is 9.42 Å². The van der Waals surface area contributed by atoms with Crippen LogP contribution in [0.5, 0.6) is 0 Å². The highest BCUT2D eigenvalue weighted by atomic mass is 35.5. The molecule has 0 radical (unpaired) electrons. The first kappa shape index (κ1) is 20.5. The van der Waals surface area contributed by atoms with E-state index in [-0.39, 0.29) is 17.7 Å². The van der Waals surface area contributed by atoms with Gasteiger partial charge in [0.15, 0.2) is 5.76 Å². The highest BCUT2D eigenvalue weighted by Gasteiger charge is 2.31. The number of benzene rings is 2. The molecular formula is C20H15ClN4O6. The van der Waals surface area contributed by atoms with Crippen LogP contribution >= 0.6 is 11.6 Å². The van der Waals surface area contributed by atoms with E-state index < -0.39 is 27.1 Å². The fraction of sp³-hybridized carbons (Fsp3) is 0.200. The van der Waals surface area contributed by atoms with E-state index in [1.165, 1.54) is 11.8 Å². The van der Waals surface area contributed by atoms with Crippen LogP contribution in [0.2, 0.25) is 5.02 Å². The van der Waals surface area contributed by atoms with Crippen LogP contribution in [0.4, 0.5) is 11.4 Å². The smallest absolute Gasteiger partial charge is 0.279 e. The number of nitrogens with zero attached hydrogens (tertiary/aromatic N) is 4. The minimum atomic E-state index is -0.754. The number of carbonyl (C=O) groups is 1. The number of aromatic nitrogens is 1. The Balaban J connectivity index is 1.70. The van der Waals surface area contributed by atoms with Crippen LogP contribution in [0.3, 0.4) is 0 Å². The number of halogens is 1. The maximum Gasteiger partial charge on any atom is 0.279 e. The lowest BCUT2D eigenvalue weighted by atomic mass is 9.99. The number of nitro groups is 2. The maximum atomic E-state index is 13.2. The zero-order valence-corrected chi connectivity index (χ0v) is 17.0. The Morgan fingerprint density at radius 2 is 1.87 bits per heavy atom. The zero-order chi connectivity index (χ0) is 22.3. The van der Waals surface area contributed by atoms with Crippen molar-refractivity contribution in [1.29, 1.82) is 0 Å². The average Bonchev–Trinajstić information content (AvgIpc) is 3.16. The lowest BCUT2D eigenvalue weighted by Crippen LogP contribution is -2.36. The molecule has 158 valence electrons. The van der Waals surface area contributed by atoms with Crippen molar-refractivity contribution in [2.45, 2.75) is 19.9 Å². The van der Waals surface area contributed by atoms with Crippen molar-refractivity contribution in [3.63, 3.8) is 0 Å². The number of hydrogen-bond acceptors (Lipinski definition) is 7. The first-order valence-corrected chi connectivity index (χ1v) is 9.60. The Labute approximate surface area is 180 Å². The second kappa shape index (κ2) is 7.80. The predicted molar refractivity (Wildman–Crippen MR) is 110 cm³/mol. The first-order chi connectivity index (χ1) is 14.8. The number of carbonyl (C=O) groups excluding carboxylic acids is 1. The van der Waals surface area contributed by atoms with Gasteiger partial charge in [-0.15, -0.1) is 0 Å². The lowest BCUT2D eigenvalue weighted by molar-refractivity contribution is -0.394. The van der Waals surface area contributed by atoms with Gasteiger partial charge in [-0.2, -0.15) is 0 Å². The summed E-state index contributed by atoms with van der Waals surface area (Å²) in [5.41, 5.74) is 1.21. The molecule has 31 heavy (non-hydrogen) atoms. The molecule has 0 fully saturated rings. The average molecular weight is 443 g/mol. The van der Waals surface area contributed by atoms with Crippen molar-refractivity contribution in [1.82, 2.24) is 10.1 Å². The molecule has 3 aromatic rings. The lowest BCUT2D eigenvalue weighted by Gasteiger charge is -2.27. The van der Waals surface area contributed by atoms with E-state index in [0.717, 1.165) is 29.0 Å². The SMILES string of the molecule is Cc1c(C(=O)N2CCc3noc(-c4ccc(Cl)cc4)c3C2)cc([N+](=O)[O-])cc1[N+](=O)[O-]. The minimum Gasteiger partial charge on any atom is -0.356 e. The van der Waals surface area contributed by atoms with E-state index in [0.29, 0.717) is 23.7 Å². The summed E-state index contributed by atoms with van der Waals surface area (Å²) in [5, 5.41) is 27.2. The molecule has 0 aliphatic carbocycles. The Hall–Kier alpha value is -3.79. The molecule has 1 amide bonds. The van der Waals surface area contributed by atoms with E-state index >= 15 is 0 Å². The molecule has 10 nitrogen and oxygen atoms in total. The van der Waals surface area contributed by atoms with Gasteiger partial charge in [0.1, 0.15) is 0 Å². The molecule has 2 aromatic carbocycles. The van der Waals surface area contributed by atoms with Gasteiger partial charge in [-0.05, 0) is 31.2 Å². The summed E-state index contributed by atoms with van der Waals surface area (Å²) < 4.78 is 5.49. The first-order valence-electron chi connectivity index (χ1n) is 9.22. The maximum absolute atomic E-state index is 13.2. The molecule has 4 rings (SSSR count). The zero-order valence-electron chi connectivity index (χ0n) is 16.2. The summed E-state index contributed by atoms with van der Waals surface area (Å²) in [7, 11) is 0. The largest absolute Gasteiger partial charge is 0.356 e. The molecule has 0 N–H and O–H groups in total. The van der Waals surface area contributed by atoms with E-state index in [1.54, 1.807) is 24.3 Å². The third-order valence-corrected chi connectivity index (χ3v) is 5.49. The van der Waals surface area contributed by atoms with E-state index in [2.05, 4.69) is 5.16 Å². The molecule has 1 aliphatic heterocycles. The Morgan fingerprint density at radius 1 is 1.16 bits per heavy atom. The van der Waals surface area contributed by atoms with Gasteiger partial charge >= 0.3 is 0 Å². The molecule has 1 aliphatic rings. The van der Waals surface area contributed by atoms with E-state index in [9.17, 15) is 25.0 Å². The van der Waals surface area contributed by atoms with Crippen molar-refractivity contribution in [2.24, 2.45) is 0 Å². The van der Waals surface area contributed by atoms with Crippen molar-refractivity contribution in [3.05, 3.63) is 84.0 Å². The molecule has 1 aromatic heterocycles. The number of rotatable bonds is 4. The standard InChI is InChI=1S/C20H15ClN4O6/c1-11-15(8-14(24(27)28)9-18(11)25(29)30)20(26)23-7-6-17-16(10-23)19(31-22-17)12-2-4-13(21)5-3-12/h2-5,8-9H,6-7,10H2,1H3. The number of fused-ring (bicyclic) bond motifs is 1. The fourth-order valence-electron chi connectivity index (χ4n) is 3.59. The second-order valence-corrected chi connectivity index (χ2v) is 7.51. The highest BCUT2D eigenvalue weighted by Crippen LogP contribution is 2.33. The summed E-state index contributed by atoms with van der Waals surface area (Å²) >= 11 is 5.94. The van der Waals surface area contributed by atoms with Crippen LogP contribution in [0.1, 0.15) is 27.2 Å². The van der Waals surface area contributed by atoms with Crippen LogP contribution in [0.15, 0.2) is 40.9 Å². The molecule has 2 heterocycles. The molecule has 0 unspecified atom stereocenters. The predicted octanol–water partition coefficient (Wildman–Crippen LogP) is 4.32. The quantitative estimate of drug-likeness (QED) is 0.434. The summed E-state index contributed by atoms with van der Waals surface area (Å²) in [6.45, 7) is 1.86. The number of non-ortho nitro benzene ring substituents is 1. The molecule has 0 saturated heterocycles. The summed E-state index contributed by atoms with van der Waals surface area (Å²) in [5.74, 6) is -0.0240. The van der Waals surface area contributed by atoms with Gasteiger partial charge in [-0.3, -0.25) is 25.0 Å². The van der Waals surface area contributed by atoms with Crippen molar-refractivity contribution >= 4 is 28.9 Å². The van der Waals surface area contributed by atoms with Crippen LogP contribution in [0, 0.1) is 27.2 Å². The minimum absolute atomic E-state index is 0.0751. The normalized spacial score (nSPS) is 13.0. The third-order valence-electron chi connectivity index (χ3n) is 5.23. The molecule has 11 heteroatoms. The number of hydrogen-bond donors (Lipinski definition) is 0. The fourth-order valence-corrected chi connectivity index (χ4v) is 3.71. The molecule has 0 atom stereocenters. The van der Waals surface area contributed by atoms with Crippen molar-refractivity contribution in [2.75, 3.05) is 6.54 Å². The van der Waals surface area contributed by atoms with Gasteiger partial charge in [0.25, 0.3) is 17.3 Å². The second-order valence-electron chi connectivity index (χ2n) is 7.07. The number of nitro benzene ring substituents is 2. The van der Waals surface area contributed by atoms with Crippen molar-refractivity contribution < 1.29 is 19.2 Å². The Kier molecular flexibility index (Phi) is 5.15. The van der Waals surface area contributed by atoms with Crippen LogP contribution in [0.25, 0.3) is 11.3 Å². The van der Waals surface area contributed by atoms with Crippen LogP contribution in [-0.4, -0.2) is 32.4 Å². The monoisotopic (exact) mass is 442 g/mol. The topological polar surface area (TPSA) is 133 Å². The molecule has 0 spiro atoms. The van der Waals surface area contributed by atoms with Gasteiger partial charge in [0.2, 0.25) is 0 Å². The van der Waals surface area contributed by atoms with Crippen LogP contribution < -0.4 is 0 Å². The molecule has 0 saturated carbocycles. The third kappa shape index (κ3) is 3.73. The summed E-state index contributed by atoms with van der Waals surface area (Å²) in [6.07, 6.45) is 0.425. The van der Waals surface area contributed by atoms with Gasteiger partial charge in [0, 0.05) is 40.7 Å². The Bertz CT molecular complexity index is 1220. The van der Waals surface area contributed by atoms with Crippen molar-refractivity contribution in [3.8, 4) is 11.3 Å². The summed E-state index contributed by atoms with van der Waals surface area (Å²) in [6, 6.07) is 8.91. The highest BCUT2D eigenvalue weighted by molar-refractivity contribution is 6.30. The molecule has 0 bridgehead atoms. The van der Waals surface area contributed by atoms with Gasteiger partial charge in [-0.25, -0.2) is 0 Å². The van der Waals surface area contributed by atoms with E-state index in [1.807, 2.05) is 0 Å². The van der Waals surface area contributed by atoms with Crippen LogP contribution in [-0.2, 0) is 13.0 Å². The summed E-state index contributed by atoms with van der Waals surface area (Å²) in [4.78, 5) is 35.8. The van der Waals surface area contributed by atoms with Gasteiger partial charge in [0.05, 0.1) is 33.7 Å². The van der Waals surface area contributed by atoms with E-state index in [4.69, 9.17) is 16.1 Å². The Morgan fingerprint density at radius 3 is 2.52 bits per heavy atom. The molecular weight excluding hydrogens is 428 g/mol. The van der Waals surface area contributed by atoms with Gasteiger partial charge in [-0.1, -0.05) is 16.8 Å².